The van der Waals surface area contributed by atoms with Crippen molar-refractivity contribution < 1.29 is 0 Å². The molecule has 1 fully saturated rings. The molecule has 1 aromatic rings. The second kappa shape index (κ2) is 6.31. The Morgan fingerprint density at radius 3 is 2.67 bits per heavy atom. The SMILES string of the molecule is CSC1(CNc2cc(Cl)nnc2Cl)CCCCC1. The molecule has 0 atom stereocenters. The summed E-state index contributed by atoms with van der Waals surface area (Å²) in [4.78, 5) is 0. The van der Waals surface area contributed by atoms with Crippen LogP contribution in [0.3, 0.4) is 0 Å². The van der Waals surface area contributed by atoms with E-state index in [1.165, 1.54) is 32.1 Å². The molecule has 1 aliphatic rings. The summed E-state index contributed by atoms with van der Waals surface area (Å²) in [6.07, 6.45) is 8.67. The van der Waals surface area contributed by atoms with Crippen LogP contribution >= 0.6 is 35.0 Å². The number of halogens is 2. The highest BCUT2D eigenvalue weighted by atomic mass is 35.5. The molecule has 0 radical (unpaired) electrons. The van der Waals surface area contributed by atoms with Crippen molar-refractivity contribution in [2.75, 3.05) is 18.1 Å². The first-order valence-corrected chi connectivity index (χ1v) is 8.11. The number of hydrogen-bond acceptors (Lipinski definition) is 4. The molecule has 1 N–H and O–H groups in total. The smallest absolute Gasteiger partial charge is 0.174 e. The van der Waals surface area contributed by atoms with Gasteiger partial charge in [0.05, 0.1) is 5.69 Å². The zero-order chi connectivity index (χ0) is 13.0. The van der Waals surface area contributed by atoms with Gasteiger partial charge in [0.15, 0.2) is 10.3 Å². The van der Waals surface area contributed by atoms with E-state index in [-0.39, 0.29) is 0 Å². The molecule has 1 heterocycles. The van der Waals surface area contributed by atoms with Crippen LogP contribution in [0, 0.1) is 0 Å². The molecule has 0 unspecified atom stereocenters. The zero-order valence-corrected chi connectivity index (χ0v) is 12.7. The molecule has 0 bridgehead atoms. The second-order valence-electron chi connectivity index (χ2n) is 4.67. The van der Waals surface area contributed by atoms with Gasteiger partial charge < -0.3 is 5.32 Å². The van der Waals surface area contributed by atoms with E-state index >= 15 is 0 Å². The van der Waals surface area contributed by atoms with Crippen LogP contribution < -0.4 is 5.32 Å². The normalized spacial score (nSPS) is 18.6. The van der Waals surface area contributed by atoms with E-state index in [4.69, 9.17) is 23.2 Å². The molecule has 1 aromatic heterocycles. The van der Waals surface area contributed by atoms with Crippen LogP contribution in [-0.2, 0) is 0 Å². The Labute approximate surface area is 122 Å². The highest BCUT2D eigenvalue weighted by Crippen LogP contribution is 2.39. The van der Waals surface area contributed by atoms with Crippen molar-refractivity contribution in [1.29, 1.82) is 0 Å². The van der Waals surface area contributed by atoms with Crippen LogP contribution in [-0.4, -0.2) is 27.7 Å². The third-order valence-corrected chi connectivity index (χ3v) is 5.40. The van der Waals surface area contributed by atoms with E-state index in [0.717, 1.165) is 12.2 Å². The molecular formula is C12H17Cl2N3S. The lowest BCUT2D eigenvalue weighted by Crippen LogP contribution is -2.35. The number of thioether (sulfide) groups is 1. The Bertz CT molecular complexity index is 408. The quantitative estimate of drug-likeness (QED) is 0.902. The molecule has 0 aliphatic heterocycles. The number of rotatable bonds is 4. The van der Waals surface area contributed by atoms with Crippen molar-refractivity contribution >= 4 is 40.7 Å². The van der Waals surface area contributed by atoms with Crippen LogP contribution in [0.15, 0.2) is 6.07 Å². The van der Waals surface area contributed by atoms with Crippen molar-refractivity contribution in [3.8, 4) is 0 Å². The van der Waals surface area contributed by atoms with E-state index in [2.05, 4.69) is 21.8 Å². The van der Waals surface area contributed by atoms with Crippen molar-refractivity contribution in [3.63, 3.8) is 0 Å². The molecule has 100 valence electrons. The highest BCUT2D eigenvalue weighted by Gasteiger charge is 2.31. The lowest BCUT2D eigenvalue weighted by Gasteiger charge is -2.36. The minimum Gasteiger partial charge on any atom is -0.381 e. The first-order valence-electron chi connectivity index (χ1n) is 6.13. The summed E-state index contributed by atoms with van der Waals surface area (Å²) in [5, 5.41) is 11.6. The molecule has 0 spiro atoms. The third kappa shape index (κ3) is 3.43. The monoisotopic (exact) mass is 305 g/mol. The van der Waals surface area contributed by atoms with Crippen LogP contribution in [0.4, 0.5) is 5.69 Å². The maximum absolute atomic E-state index is 6.00. The standard InChI is InChI=1S/C12H17Cl2N3S/c1-18-12(5-3-2-4-6-12)8-15-9-7-10(13)16-17-11(9)14/h7H,2-6,8H2,1H3,(H,15,16). The fraction of sp³-hybridized carbons (Fsp3) is 0.667. The summed E-state index contributed by atoms with van der Waals surface area (Å²) < 4.78 is 0.317. The third-order valence-electron chi connectivity index (χ3n) is 3.52. The van der Waals surface area contributed by atoms with E-state index in [1.807, 2.05) is 11.8 Å². The first-order chi connectivity index (χ1) is 8.65. The number of hydrogen-bond donors (Lipinski definition) is 1. The molecule has 1 saturated carbocycles. The Morgan fingerprint density at radius 2 is 2.00 bits per heavy atom. The van der Waals surface area contributed by atoms with Crippen LogP contribution in [0.5, 0.6) is 0 Å². The fourth-order valence-corrected chi connectivity index (χ4v) is 3.60. The van der Waals surface area contributed by atoms with Gasteiger partial charge >= 0.3 is 0 Å². The van der Waals surface area contributed by atoms with Crippen LogP contribution in [0.25, 0.3) is 0 Å². The Hall–Kier alpha value is -0.190. The van der Waals surface area contributed by atoms with Gasteiger partial charge in [-0.15, -0.1) is 10.2 Å². The van der Waals surface area contributed by atoms with Crippen LogP contribution in [0.1, 0.15) is 32.1 Å². The molecule has 0 saturated heterocycles. The minimum absolute atomic E-state index is 0.317. The first kappa shape index (κ1) is 14.2. The van der Waals surface area contributed by atoms with Gasteiger partial charge in [-0.25, -0.2) is 0 Å². The van der Waals surface area contributed by atoms with E-state index in [1.54, 1.807) is 6.07 Å². The molecule has 0 amide bonds. The van der Waals surface area contributed by atoms with Gasteiger partial charge in [0.1, 0.15) is 0 Å². The molecular weight excluding hydrogens is 289 g/mol. The topological polar surface area (TPSA) is 37.8 Å². The number of nitrogens with one attached hydrogen (secondary N) is 1. The van der Waals surface area contributed by atoms with Crippen molar-refractivity contribution in [1.82, 2.24) is 10.2 Å². The Morgan fingerprint density at radius 1 is 1.28 bits per heavy atom. The maximum Gasteiger partial charge on any atom is 0.174 e. The molecule has 1 aliphatic carbocycles. The predicted octanol–water partition coefficient (Wildman–Crippen LogP) is 4.26. The average Bonchev–Trinajstić information content (AvgIpc) is 2.41. The molecule has 3 nitrogen and oxygen atoms in total. The zero-order valence-electron chi connectivity index (χ0n) is 10.4. The van der Waals surface area contributed by atoms with Crippen molar-refractivity contribution in [2.24, 2.45) is 0 Å². The number of nitrogens with zero attached hydrogens (tertiary/aromatic N) is 2. The van der Waals surface area contributed by atoms with Crippen LogP contribution in [0.2, 0.25) is 10.3 Å². The number of anilines is 1. The van der Waals surface area contributed by atoms with E-state index < -0.39 is 0 Å². The molecule has 0 aromatic carbocycles. The molecule has 6 heteroatoms. The van der Waals surface area contributed by atoms with E-state index in [9.17, 15) is 0 Å². The van der Waals surface area contributed by atoms with Gasteiger partial charge in [-0.2, -0.15) is 11.8 Å². The van der Waals surface area contributed by atoms with Crippen molar-refractivity contribution in [3.05, 3.63) is 16.4 Å². The second-order valence-corrected chi connectivity index (χ2v) is 6.69. The van der Waals surface area contributed by atoms with Gasteiger partial charge in [-0.1, -0.05) is 42.5 Å². The average molecular weight is 306 g/mol. The predicted molar refractivity (Wildman–Crippen MR) is 79.9 cm³/mol. The maximum atomic E-state index is 6.00. The fourth-order valence-electron chi connectivity index (χ4n) is 2.38. The van der Waals surface area contributed by atoms with Gasteiger partial charge in [-0.05, 0) is 19.1 Å². The summed E-state index contributed by atoms with van der Waals surface area (Å²) in [5.41, 5.74) is 0.774. The lowest BCUT2D eigenvalue weighted by molar-refractivity contribution is 0.411. The van der Waals surface area contributed by atoms with Gasteiger partial charge in [0.2, 0.25) is 0 Å². The lowest BCUT2D eigenvalue weighted by atomic mass is 9.88. The molecule has 18 heavy (non-hydrogen) atoms. The van der Waals surface area contributed by atoms with Crippen molar-refractivity contribution in [2.45, 2.75) is 36.9 Å². The summed E-state index contributed by atoms with van der Waals surface area (Å²) in [6.45, 7) is 0.899. The minimum atomic E-state index is 0.317. The van der Waals surface area contributed by atoms with E-state index in [0.29, 0.717) is 15.1 Å². The Balaban J connectivity index is 2.03. The largest absolute Gasteiger partial charge is 0.381 e. The summed E-state index contributed by atoms with van der Waals surface area (Å²) in [5.74, 6) is 0. The highest BCUT2D eigenvalue weighted by molar-refractivity contribution is 8.00. The Kier molecular flexibility index (Phi) is 4.98. The van der Waals surface area contributed by atoms with Gasteiger partial charge in [0, 0.05) is 17.4 Å². The summed E-state index contributed by atoms with van der Waals surface area (Å²) in [6, 6.07) is 1.73. The number of aromatic nitrogens is 2. The van der Waals surface area contributed by atoms with Gasteiger partial charge in [0.25, 0.3) is 0 Å². The summed E-state index contributed by atoms with van der Waals surface area (Å²) >= 11 is 13.8. The molecule has 2 rings (SSSR count). The van der Waals surface area contributed by atoms with Gasteiger partial charge in [-0.3, -0.25) is 0 Å². The summed E-state index contributed by atoms with van der Waals surface area (Å²) in [7, 11) is 0.